The highest BCUT2D eigenvalue weighted by molar-refractivity contribution is 6.31. The minimum absolute atomic E-state index is 0.0728. The molecule has 2 aliphatic carbocycles. The van der Waals surface area contributed by atoms with Gasteiger partial charge in [-0.15, -0.1) is 6.58 Å². The molecule has 6 atom stereocenters. The number of aromatic nitrogens is 2. The Bertz CT molecular complexity index is 1480. The average Bonchev–Trinajstić information content (AvgIpc) is 3.72. The third-order valence-corrected chi connectivity index (χ3v) is 10.2. The Kier molecular flexibility index (Phi) is 12.6. The zero-order chi connectivity index (χ0) is 35.1. The van der Waals surface area contributed by atoms with E-state index in [2.05, 4.69) is 21.9 Å². The first-order chi connectivity index (χ1) is 23.6. The second kappa shape index (κ2) is 16.9. The molecule has 1 N–H and O–H groups in total. The predicted molar refractivity (Wildman–Crippen MR) is 187 cm³/mol. The number of methoxy groups -OCH3 is 1. The number of nitrogens with one attached hydrogen (secondary N) is 1. The maximum atomic E-state index is 14.7. The number of ether oxygens (including phenoxy) is 4. The van der Waals surface area contributed by atoms with Crippen LogP contribution in [-0.4, -0.2) is 77.4 Å². The lowest BCUT2D eigenvalue weighted by molar-refractivity contribution is -0.156. The summed E-state index contributed by atoms with van der Waals surface area (Å²) in [4.78, 5) is 52.4. The molecule has 1 aliphatic heterocycles. The fourth-order valence-electron chi connectivity index (χ4n) is 7.21. The third-order valence-electron chi connectivity index (χ3n) is 9.97. The topological polar surface area (TPSA) is 129 Å². The molecule has 11 nitrogen and oxygen atoms in total. The number of unbranched alkanes of at least 4 members (excludes halogenated alkanes) is 1. The van der Waals surface area contributed by atoms with Crippen LogP contribution in [0, 0.1) is 23.7 Å². The number of allylic oxidation sites excluding steroid dienone is 1. The molecule has 1 aromatic carbocycles. The number of likely N-dealkylation sites (tertiary alicyclic amines) is 1. The lowest BCUT2D eigenvalue weighted by Crippen LogP contribution is -2.56. The molecule has 2 amide bonds. The quantitative estimate of drug-likeness (QED) is 0.120. The molecular weight excluding hydrogens is 648 g/mol. The molecule has 12 heteroatoms. The number of rotatable bonds is 15. The molecule has 2 aromatic rings. The van der Waals surface area contributed by atoms with Gasteiger partial charge in [0, 0.05) is 12.0 Å². The lowest BCUT2D eigenvalue weighted by atomic mass is 9.83. The third kappa shape index (κ3) is 9.15. The molecule has 49 heavy (non-hydrogen) atoms. The standard InChI is InChI=1S/C37H51ClN4O7/c1-6-8-10-15-24-18-29(24)49-37(45)41-31(23-13-11-9-12-14-23)35(43)42-20-30(26(7-2)32(42)36(44)47-21-22(3)4)48-34-33(38)39-27-17-16-25(46-5)19-28(27)40-34/h6,16-17,19,22-24,26,29-32H,1,7-15,18,20-21H2,2-5H3,(H,41,45)/t24-,26-,29-,30+,31+,32+/m1/s1. The molecule has 0 spiro atoms. The molecule has 1 aromatic heterocycles. The van der Waals surface area contributed by atoms with Gasteiger partial charge in [-0.3, -0.25) is 4.79 Å². The largest absolute Gasteiger partial charge is 0.497 e. The lowest BCUT2D eigenvalue weighted by Gasteiger charge is -2.34. The monoisotopic (exact) mass is 698 g/mol. The summed E-state index contributed by atoms with van der Waals surface area (Å²) in [5.41, 5.74) is 1.11. The maximum Gasteiger partial charge on any atom is 0.408 e. The maximum absolute atomic E-state index is 14.7. The van der Waals surface area contributed by atoms with E-state index in [-0.39, 0.29) is 48.0 Å². The Morgan fingerprint density at radius 3 is 2.59 bits per heavy atom. The van der Waals surface area contributed by atoms with Crippen molar-refractivity contribution in [2.24, 2.45) is 23.7 Å². The Morgan fingerprint density at radius 2 is 1.90 bits per heavy atom. The normalized spacial score (nSPS) is 24.4. The number of hydrogen-bond donors (Lipinski definition) is 1. The fourth-order valence-corrected chi connectivity index (χ4v) is 7.39. The molecule has 268 valence electrons. The van der Waals surface area contributed by atoms with Crippen molar-refractivity contribution in [1.82, 2.24) is 20.2 Å². The predicted octanol–water partition coefficient (Wildman–Crippen LogP) is 6.90. The number of esters is 1. The van der Waals surface area contributed by atoms with Crippen molar-refractivity contribution in [2.75, 3.05) is 20.3 Å². The van der Waals surface area contributed by atoms with Crippen LogP contribution in [0.15, 0.2) is 30.9 Å². The summed E-state index contributed by atoms with van der Waals surface area (Å²) in [6, 6.07) is 3.51. The molecule has 2 saturated carbocycles. The summed E-state index contributed by atoms with van der Waals surface area (Å²) < 4.78 is 23.3. The number of amides is 2. The first-order valence-electron chi connectivity index (χ1n) is 17.9. The van der Waals surface area contributed by atoms with Crippen LogP contribution in [0.2, 0.25) is 5.15 Å². The zero-order valence-electron chi connectivity index (χ0n) is 29.2. The number of fused-ring (bicyclic) bond motifs is 1. The van der Waals surface area contributed by atoms with Gasteiger partial charge in [-0.2, -0.15) is 0 Å². The van der Waals surface area contributed by atoms with Gasteiger partial charge >= 0.3 is 12.1 Å². The van der Waals surface area contributed by atoms with Gasteiger partial charge in [0.15, 0.2) is 5.15 Å². The molecule has 3 fully saturated rings. The van der Waals surface area contributed by atoms with Crippen molar-refractivity contribution in [2.45, 2.75) is 109 Å². The molecular formula is C37H51ClN4O7. The van der Waals surface area contributed by atoms with Gasteiger partial charge in [-0.25, -0.2) is 19.6 Å². The van der Waals surface area contributed by atoms with Crippen molar-refractivity contribution in [1.29, 1.82) is 0 Å². The summed E-state index contributed by atoms with van der Waals surface area (Å²) in [5, 5.41) is 3.03. The van der Waals surface area contributed by atoms with E-state index in [0.29, 0.717) is 29.1 Å². The Balaban J connectivity index is 1.39. The van der Waals surface area contributed by atoms with Crippen LogP contribution in [-0.2, 0) is 19.1 Å². The minimum Gasteiger partial charge on any atom is -0.497 e. The molecule has 0 radical (unpaired) electrons. The second-order valence-electron chi connectivity index (χ2n) is 14.0. The Labute approximate surface area is 294 Å². The van der Waals surface area contributed by atoms with Crippen LogP contribution in [0.5, 0.6) is 11.6 Å². The Morgan fingerprint density at radius 1 is 1.12 bits per heavy atom. The van der Waals surface area contributed by atoms with Gasteiger partial charge in [0.1, 0.15) is 30.0 Å². The number of carbonyl (C=O) groups excluding carboxylic acids is 3. The average molecular weight is 699 g/mol. The van der Waals surface area contributed by atoms with Crippen molar-refractivity contribution >= 4 is 40.6 Å². The summed E-state index contributed by atoms with van der Waals surface area (Å²) in [6.07, 6.45) is 9.38. The molecule has 3 aliphatic rings. The van der Waals surface area contributed by atoms with Gasteiger partial charge in [0.05, 0.1) is 31.3 Å². The minimum atomic E-state index is -0.921. The van der Waals surface area contributed by atoms with Crippen molar-refractivity contribution < 1.29 is 33.3 Å². The van der Waals surface area contributed by atoms with Crippen LogP contribution in [0.1, 0.15) is 85.0 Å². The van der Waals surface area contributed by atoms with E-state index in [1.165, 1.54) is 0 Å². The highest BCUT2D eigenvalue weighted by Gasteiger charge is 2.52. The number of benzene rings is 1. The van der Waals surface area contributed by atoms with Gasteiger partial charge in [0.2, 0.25) is 5.91 Å². The second-order valence-corrected chi connectivity index (χ2v) is 14.4. The van der Waals surface area contributed by atoms with Crippen LogP contribution >= 0.6 is 11.6 Å². The van der Waals surface area contributed by atoms with Crippen LogP contribution < -0.4 is 14.8 Å². The van der Waals surface area contributed by atoms with E-state index in [1.54, 1.807) is 30.2 Å². The van der Waals surface area contributed by atoms with E-state index >= 15 is 0 Å². The fraction of sp³-hybridized carbons (Fsp3) is 0.649. The van der Waals surface area contributed by atoms with Crippen molar-refractivity contribution in [3.63, 3.8) is 0 Å². The highest BCUT2D eigenvalue weighted by Crippen LogP contribution is 2.39. The molecule has 0 unspecified atom stereocenters. The van der Waals surface area contributed by atoms with E-state index in [4.69, 9.17) is 30.5 Å². The van der Waals surface area contributed by atoms with Gasteiger partial charge < -0.3 is 29.2 Å². The van der Waals surface area contributed by atoms with Gasteiger partial charge in [-0.05, 0) is 74.8 Å². The molecule has 2 heterocycles. The summed E-state index contributed by atoms with van der Waals surface area (Å²) in [7, 11) is 1.57. The van der Waals surface area contributed by atoms with Gasteiger partial charge in [-0.1, -0.05) is 57.7 Å². The highest BCUT2D eigenvalue weighted by atomic mass is 35.5. The molecule has 5 rings (SSSR count). The summed E-state index contributed by atoms with van der Waals surface area (Å²) >= 11 is 6.56. The molecule has 0 bridgehead atoms. The number of halogens is 1. The summed E-state index contributed by atoms with van der Waals surface area (Å²) in [5.74, 6) is -0.181. The smallest absolute Gasteiger partial charge is 0.408 e. The first-order valence-corrected chi connectivity index (χ1v) is 18.2. The SMILES string of the molecule is C=CCCC[C@@H]1C[C@H]1OC(=O)N[C@H](C(=O)N1C[C@H](Oc2nc3cc(OC)ccc3nc2Cl)[C@@H](CC)[C@H]1C(=O)OCC(C)C)C1CCCCC1. The van der Waals surface area contributed by atoms with E-state index in [0.717, 1.165) is 57.8 Å². The van der Waals surface area contributed by atoms with Crippen LogP contribution in [0.25, 0.3) is 11.0 Å². The van der Waals surface area contributed by atoms with Crippen LogP contribution in [0.4, 0.5) is 4.79 Å². The van der Waals surface area contributed by atoms with Crippen molar-refractivity contribution in [3.05, 3.63) is 36.0 Å². The number of carbonyl (C=O) groups is 3. The van der Waals surface area contributed by atoms with E-state index < -0.39 is 36.2 Å². The Hall–Kier alpha value is -3.60. The summed E-state index contributed by atoms with van der Waals surface area (Å²) in [6.45, 7) is 9.95. The van der Waals surface area contributed by atoms with E-state index in [9.17, 15) is 14.4 Å². The molecule has 1 saturated heterocycles. The van der Waals surface area contributed by atoms with E-state index in [1.807, 2.05) is 26.8 Å². The number of alkyl carbamates (subject to hydrolysis) is 1. The first kappa shape index (κ1) is 36.7. The number of nitrogens with zero attached hydrogens (tertiary/aromatic N) is 3. The van der Waals surface area contributed by atoms with Gasteiger partial charge in [0.25, 0.3) is 5.88 Å². The zero-order valence-corrected chi connectivity index (χ0v) is 30.0. The van der Waals surface area contributed by atoms with Crippen molar-refractivity contribution in [3.8, 4) is 11.6 Å². The van der Waals surface area contributed by atoms with Crippen LogP contribution in [0.3, 0.4) is 0 Å². The number of hydrogen-bond acceptors (Lipinski definition) is 9.